The molecule has 0 unspecified atom stereocenters. The number of carboxylic acid groups (broad SMARTS) is 1. The zero-order valence-corrected chi connectivity index (χ0v) is 24.9. The fourth-order valence-electron chi connectivity index (χ4n) is 5.16. The van der Waals surface area contributed by atoms with Gasteiger partial charge in [0.25, 0.3) is 11.8 Å². The summed E-state index contributed by atoms with van der Waals surface area (Å²) in [5, 5.41) is 19.9. The van der Waals surface area contributed by atoms with Crippen molar-refractivity contribution in [2.45, 2.75) is 57.5 Å². The maximum atomic E-state index is 13.2. The first kappa shape index (κ1) is 28.6. The summed E-state index contributed by atoms with van der Waals surface area (Å²) < 4.78 is 4.10. The van der Waals surface area contributed by atoms with Crippen molar-refractivity contribution in [3.63, 3.8) is 0 Å². The second-order valence-electron chi connectivity index (χ2n) is 10.5. The molecule has 3 aromatic heterocycles. The molecule has 41 heavy (non-hydrogen) atoms. The van der Waals surface area contributed by atoms with Gasteiger partial charge >= 0.3 is 0 Å². The van der Waals surface area contributed by atoms with E-state index in [-0.39, 0.29) is 28.8 Å². The Balaban J connectivity index is 1.39. The van der Waals surface area contributed by atoms with Crippen LogP contribution >= 0.6 is 23.1 Å². The Labute approximate surface area is 244 Å². The number of nitrogens with two attached hydrogens (primary N) is 1. The van der Waals surface area contributed by atoms with Gasteiger partial charge in [-0.25, -0.2) is 4.98 Å². The molecule has 0 radical (unpaired) electrons. The van der Waals surface area contributed by atoms with Crippen LogP contribution < -0.4 is 20.7 Å². The Morgan fingerprint density at radius 2 is 2.07 bits per heavy atom. The smallest absolute Gasteiger partial charge is 0.276 e. The summed E-state index contributed by atoms with van der Waals surface area (Å²) in [4.78, 5) is 48.5. The number of aliphatic carboxylic acids is 1. The molecule has 1 saturated heterocycles. The first-order valence-corrected chi connectivity index (χ1v) is 15.0. The quantitative estimate of drug-likeness (QED) is 0.160. The van der Waals surface area contributed by atoms with Crippen LogP contribution in [0.4, 0.5) is 5.13 Å². The zero-order valence-electron chi connectivity index (χ0n) is 23.3. The number of thioether (sulfide) groups is 1. The van der Waals surface area contributed by atoms with Crippen molar-refractivity contribution in [1.82, 2.24) is 19.6 Å². The normalized spacial score (nSPS) is 19.1. The Hall–Kier alpha value is -3.91. The van der Waals surface area contributed by atoms with E-state index in [0.717, 1.165) is 16.9 Å². The Morgan fingerprint density at radius 1 is 1.32 bits per heavy atom. The summed E-state index contributed by atoms with van der Waals surface area (Å²) in [5.41, 5.74) is 9.63. The average molecular weight is 598 g/mol. The van der Waals surface area contributed by atoms with E-state index < -0.39 is 29.2 Å². The highest BCUT2D eigenvalue weighted by Crippen LogP contribution is 2.40. The van der Waals surface area contributed by atoms with E-state index in [0.29, 0.717) is 23.2 Å². The van der Waals surface area contributed by atoms with Crippen LogP contribution in [0.3, 0.4) is 0 Å². The molecule has 2 amide bonds. The third kappa shape index (κ3) is 5.17. The third-order valence-corrected chi connectivity index (χ3v) is 9.12. The lowest BCUT2D eigenvalue weighted by Crippen LogP contribution is -2.71. The van der Waals surface area contributed by atoms with Crippen molar-refractivity contribution in [3.8, 4) is 0 Å². The molecule has 2 atom stereocenters. The molecule has 0 spiro atoms. The van der Waals surface area contributed by atoms with Gasteiger partial charge < -0.3 is 30.2 Å². The van der Waals surface area contributed by atoms with Gasteiger partial charge in [0.15, 0.2) is 29.8 Å². The average Bonchev–Trinajstić information content (AvgIpc) is 3.53. The molecule has 0 aromatic carbocycles. The zero-order chi connectivity index (χ0) is 29.6. The number of fused-ring (bicyclic) bond motifs is 2. The number of oxime groups is 1. The number of hydrogen-bond donors (Lipinski definition) is 2. The van der Waals surface area contributed by atoms with Gasteiger partial charge in [-0.2, -0.15) is 4.57 Å². The second-order valence-corrected chi connectivity index (χ2v) is 12.5. The number of aromatic nitrogens is 3. The minimum Gasteiger partial charge on any atom is -0.543 e. The van der Waals surface area contributed by atoms with Gasteiger partial charge in [0.05, 0.1) is 17.9 Å². The number of rotatable bonds is 9. The SMILES string of the molecule is CO/N=C(\C(=O)N[C@@H]1C(=O)N2C(C(=O)[O-])=C(C[n+]3ccn4c(C(C)C)cc(C(C)C)c4c3)CS[C@@H]12)c1csc(N)n1. The van der Waals surface area contributed by atoms with E-state index in [9.17, 15) is 19.5 Å². The predicted octanol–water partition coefficient (Wildman–Crippen LogP) is 0.967. The standard InChI is InChI=1S/C27H31N7O5S2/c1-13(2)16-8-18(14(3)4)33-7-6-32(10-19(16)33)9-15-11-40-25-21(24(36)34(25)22(15)26(37)38)30-23(35)20(31-39-5)17-12-41-27(28)29-17/h6-8,10,12-14,21,25H,9,11H2,1-5H3,(H3-,28,29,30,35,37,38)/b31-20-/t21-,25+/m1/s1. The van der Waals surface area contributed by atoms with Crippen molar-refractivity contribution in [3.05, 3.63) is 58.3 Å². The lowest BCUT2D eigenvalue weighted by Gasteiger charge is -2.50. The van der Waals surface area contributed by atoms with Crippen molar-refractivity contribution in [2.75, 3.05) is 18.6 Å². The van der Waals surface area contributed by atoms with Gasteiger partial charge in [0, 0.05) is 22.4 Å². The van der Waals surface area contributed by atoms with Crippen LogP contribution in [0.1, 0.15) is 56.5 Å². The fourth-order valence-corrected chi connectivity index (χ4v) is 7.04. The van der Waals surface area contributed by atoms with Crippen molar-refractivity contribution < 1.29 is 28.9 Å². The van der Waals surface area contributed by atoms with E-state index in [1.165, 1.54) is 35.0 Å². The molecule has 14 heteroatoms. The molecule has 3 aromatic rings. The van der Waals surface area contributed by atoms with Gasteiger partial charge in [-0.1, -0.05) is 32.9 Å². The van der Waals surface area contributed by atoms with Crippen LogP contribution in [0.5, 0.6) is 0 Å². The molecule has 5 rings (SSSR count). The van der Waals surface area contributed by atoms with Crippen molar-refractivity contribution in [2.24, 2.45) is 5.16 Å². The summed E-state index contributed by atoms with van der Waals surface area (Å²) >= 11 is 2.51. The first-order chi connectivity index (χ1) is 19.5. The molecule has 1 fully saturated rings. The van der Waals surface area contributed by atoms with Crippen LogP contribution in [0.2, 0.25) is 0 Å². The monoisotopic (exact) mass is 597 g/mol. The number of amides is 2. The number of anilines is 1. The fraction of sp³-hybridized carbons (Fsp3) is 0.407. The third-order valence-electron chi connectivity index (χ3n) is 7.11. The van der Waals surface area contributed by atoms with Gasteiger partial charge in [-0.3, -0.25) is 14.5 Å². The predicted molar refractivity (Wildman–Crippen MR) is 153 cm³/mol. The molecule has 2 aliphatic rings. The number of carbonyl (C=O) groups is 3. The molecule has 2 aliphatic heterocycles. The number of β-lactam (4-membered cyclic amide) rings is 1. The summed E-state index contributed by atoms with van der Waals surface area (Å²) in [6.45, 7) is 8.87. The molecular formula is C27H31N7O5S2. The highest BCUT2D eigenvalue weighted by atomic mass is 32.2. The number of nitrogen functional groups attached to an aromatic ring is 1. The van der Waals surface area contributed by atoms with E-state index in [1.54, 1.807) is 5.38 Å². The molecular weight excluding hydrogens is 566 g/mol. The van der Waals surface area contributed by atoms with Crippen LogP contribution in [0, 0.1) is 0 Å². The van der Waals surface area contributed by atoms with Gasteiger partial charge in [-0.15, -0.1) is 23.1 Å². The molecule has 12 nitrogen and oxygen atoms in total. The van der Waals surface area contributed by atoms with Crippen LogP contribution in [-0.4, -0.2) is 62.1 Å². The number of hydrogen-bond acceptors (Lipinski definition) is 10. The maximum Gasteiger partial charge on any atom is 0.276 e. The summed E-state index contributed by atoms with van der Waals surface area (Å²) in [6.07, 6.45) is 5.91. The topological polar surface area (TPSA) is 158 Å². The van der Waals surface area contributed by atoms with Gasteiger partial charge in [0.1, 0.15) is 29.7 Å². The van der Waals surface area contributed by atoms with Crippen LogP contribution in [0.15, 0.2) is 46.5 Å². The van der Waals surface area contributed by atoms with Gasteiger partial charge in [-0.05, 0) is 23.5 Å². The summed E-state index contributed by atoms with van der Waals surface area (Å²) in [7, 11) is 1.29. The van der Waals surface area contributed by atoms with E-state index in [1.807, 2.05) is 23.2 Å². The number of carbonyl (C=O) groups excluding carboxylic acids is 3. The highest BCUT2D eigenvalue weighted by molar-refractivity contribution is 8.00. The largest absolute Gasteiger partial charge is 0.543 e. The van der Waals surface area contributed by atoms with E-state index in [4.69, 9.17) is 10.6 Å². The molecule has 216 valence electrons. The number of nitrogens with one attached hydrogen (secondary N) is 1. The van der Waals surface area contributed by atoms with Crippen LogP contribution in [-0.2, 0) is 25.8 Å². The Morgan fingerprint density at radius 3 is 2.68 bits per heavy atom. The molecule has 0 bridgehead atoms. The van der Waals surface area contributed by atoms with Gasteiger partial charge in [0.2, 0.25) is 0 Å². The molecule has 5 heterocycles. The number of carboxylic acids is 1. The maximum absolute atomic E-state index is 13.2. The lowest BCUT2D eigenvalue weighted by molar-refractivity contribution is -0.688. The lowest BCUT2D eigenvalue weighted by atomic mass is 10.0. The highest BCUT2D eigenvalue weighted by Gasteiger charge is 2.53. The van der Waals surface area contributed by atoms with Crippen molar-refractivity contribution >= 4 is 57.2 Å². The second kappa shape index (κ2) is 11.2. The minimum atomic E-state index is -1.43. The summed E-state index contributed by atoms with van der Waals surface area (Å²) in [5.74, 6) is -1.66. The minimum absolute atomic E-state index is 0.137. The Kier molecular flexibility index (Phi) is 7.79. The van der Waals surface area contributed by atoms with E-state index in [2.05, 4.69) is 53.6 Å². The Bertz CT molecular complexity index is 1610. The molecule has 0 saturated carbocycles. The summed E-state index contributed by atoms with van der Waals surface area (Å²) in [6, 6.07) is 1.27. The van der Waals surface area contributed by atoms with Crippen LogP contribution in [0.25, 0.3) is 5.52 Å². The van der Waals surface area contributed by atoms with E-state index >= 15 is 0 Å². The number of thiazole rings is 1. The molecule has 0 aliphatic carbocycles. The number of nitrogens with zero attached hydrogens (tertiary/aromatic N) is 5. The molecule has 3 N–H and O–H groups in total. The first-order valence-electron chi connectivity index (χ1n) is 13.1. The van der Waals surface area contributed by atoms with Crippen molar-refractivity contribution in [1.29, 1.82) is 0 Å².